The maximum absolute atomic E-state index is 8.60. The predicted molar refractivity (Wildman–Crippen MR) is 51.7 cm³/mol. The van der Waals surface area contributed by atoms with Crippen molar-refractivity contribution in [2.24, 2.45) is 5.73 Å². The van der Waals surface area contributed by atoms with Gasteiger partial charge in [-0.3, -0.25) is 4.98 Å². The molecule has 0 saturated carbocycles. The van der Waals surface area contributed by atoms with Gasteiger partial charge in [-0.25, -0.2) is 0 Å². The fraction of sp³-hybridized carbons (Fsp3) is 0.200. The molecule has 66 valence electrons. The lowest BCUT2D eigenvalue weighted by atomic mass is 10.2. The number of nitrogens with zero attached hydrogens (tertiary/aromatic N) is 2. The van der Waals surface area contributed by atoms with Gasteiger partial charge >= 0.3 is 0 Å². The van der Waals surface area contributed by atoms with E-state index in [1.807, 2.05) is 18.2 Å². The van der Waals surface area contributed by atoms with Crippen LogP contribution in [0.25, 0.3) is 6.08 Å². The van der Waals surface area contributed by atoms with Gasteiger partial charge in [0.25, 0.3) is 0 Å². The second kappa shape index (κ2) is 5.07. The van der Waals surface area contributed by atoms with Crippen LogP contribution in [0.2, 0.25) is 0 Å². The van der Waals surface area contributed by atoms with Gasteiger partial charge in [0.1, 0.15) is 6.07 Å². The van der Waals surface area contributed by atoms with Crippen LogP contribution in [-0.2, 0) is 0 Å². The average molecular weight is 173 g/mol. The minimum atomic E-state index is 0.579. The first-order chi connectivity index (χ1) is 6.36. The lowest BCUT2D eigenvalue weighted by Crippen LogP contribution is -1.94. The molecule has 0 amide bonds. The molecule has 0 radical (unpaired) electrons. The van der Waals surface area contributed by atoms with Crippen LogP contribution in [0.15, 0.2) is 24.5 Å². The van der Waals surface area contributed by atoms with Gasteiger partial charge in [-0.2, -0.15) is 5.26 Å². The molecule has 0 atom stereocenters. The van der Waals surface area contributed by atoms with Crippen LogP contribution in [0.4, 0.5) is 0 Å². The normalized spacial score (nSPS) is 10.2. The Labute approximate surface area is 77.5 Å². The van der Waals surface area contributed by atoms with E-state index in [1.54, 1.807) is 18.5 Å². The van der Waals surface area contributed by atoms with Crippen LogP contribution in [-0.4, -0.2) is 11.5 Å². The van der Waals surface area contributed by atoms with Crippen LogP contribution >= 0.6 is 0 Å². The molecule has 0 aromatic carbocycles. The minimum Gasteiger partial charge on any atom is -0.330 e. The molecule has 1 rings (SSSR count). The molecule has 3 heteroatoms. The van der Waals surface area contributed by atoms with Crippen molar-refractivity contribution in [3.8, 4) is 6.07 Å². The Bertz CT molecular complexity index is 336. The van der Waals surface area contributed by atoms with E-state index in [0.717, 1.165) is 12.0 Å². The number of nitriles is 1. The van der Waals surface area contributed by atoms with Crippen LogP contribution in [0.5, 0.6) is 0 Å². The molecule has 2 N–H and O–H groups in total. The van der Waals surface area contributed by atoms with Crippen LogP contribution in [0.1, 0.15) is 17.5 Å². The molecule has 0 bridgehead atoms. The lowest BCUT2D eigenvalue weighted by molar-refractivity contribution is 1.01. The highest BCUT2D eigenvalue weighted by Gasteiger charge is 1.90. The standard InChI is InChI=1S/C10H11N3/c11-4-2-1-3-9-5-10(6-12)8-13-7-9/h1,3,5,7-8H,2,4,11H2. The van der Waals surface area contributed by atoms with E-state index in [4.69, 9.17) is 11.0 Å². The van der Waals surface area contributed by atoms with Crippen molar-refractivity contribution in [1.29, 1.82) is 5.26 Å². The van der Waals surface area contributed by atoms with E-state index < -0.39 is 0 Å². The molecule has 3 nitrogen and oxygen atoms in total. The molecule has 0 aliphatic heterocycles. The van der Waals surface area contributed by atoms with Gasteiger partial charge in [-0.15, -0.1) is 0 Å². The number of nitrogens with two attached hydrogens (primary N) is 1. The van der Waals surface area contributed by atoms with E-state index in [1.165, 1.54) is 0 Å². The summed E-state index contributed by atoms with van der Waals surface area (Å²) in [6.45, 7) is 0.641. The third kappa shape index (κ3) is 3.06. The summed E-state index contributed by atoms with van der Waals surface area (Å²) in [6.07, 6.45) is 7.99. The number of pyridine rings is 1. The van der Waals surface area contributed by atoms with Crippen LogP contribution < -0.4 is 5.73 Å². The average Bonchev–Trinajstić information content (AvgIpc) is 2.19. The smallest absolute Gasteiger partial charge is 0.101 e. The molecule has 13 heavy (non-hydrogen) atoms. The maximum Gasteiger partial charge on any atom is 0.101 e. The number of hydrogen-bond acceptors (Lipinski definition) is 3. The molecule has 0 unspecified atom stereocenters. The second-order valence-corrected chi connectivity index (χ2v) is 2.60. The Kier molecular flexibility index (Phi) is 3.68. The number of rotatable bonds is 3. The Balaban J connectivity index is 2.73. The highest BCUT2D eigenvalue weighted by Crippen LogP contribution is 2.03. The number of hydrogen-bond donors (Lipinski definition) is 1. The summed E-state index contributed by atoms with van der Waals surface area (Å²) in [7, 11) is 0. The van der Waals surface area contributed by atoms with E-state index in [2.05, 4.69) is 4.98 Å². The van der Waals surface area contributed by atoms with Crippen molar-refractivity contribution in [2.45, 2.75) is 6.42 Å². The summed E-state index contributed by atoms with van der Waals surface area (Å²) >= 11 is 0. The zero-order valence-electron chi connectivity index (χ0n) is 7.27. The summed E-state index contributed by atoms with van der Waals surface area (Å²) in [5.41, 5.74) is 6.85. The van der Waals surface area contributed by atoms with Gasteiger partial charge in [-0.1, -0.05) is 12.2 Å². The van der Waals surface area contributed by atoms with Gasteiger partial charge in [0.15, 0.2) is 0 Å². The van der Waals surface area contributed by atoms with E-state index in [0.29, 0.717) is 12.1 Å². The van der Waals surface area contributed by atoms with Gasteiger partial charge < -0.3 is 5.73 Å². The summed E-state index contributed by atoms with van der Waals surface area (Å²) in [4.78, 5) is 3.93. The van der Waals surface area contributed by atoms with Gasteiger partial charge in [0.2, 0.25) is 0 Å². The van der Waals surface area contributed by atoms with Crippen molar-refractivity contribution in [1.82, 2.24) is 4.98 Å². The summed E-state index contributed by atoms with van der Waals surface area (Å²) in [5.74, 6) is 0. The first kappa shape index (κ1) is 9.43. The zero-order valence-corrected chi connectivity index (χ0v) is 7.27. The Morgan fingerprint density at radius 3 is 3.08 bits per heavy atom. The summed E-state index contributed by atoms with van der Waals surface area (Å²) in [6, 6.07) is 3.83. The first-order valence-electron chi connectivity index (χ1n) is 4.08. The molecular weight excluding hydrogens is 162 g/mol. The Hall–Kier alpha value is -1.66. The fourth-order valence-corrected chi connectivity index (χ4v) is 0.926. The highest BCUT2D eigenvalue weighted by atomic mass is 14.6. The fourth-order valence-electron chi connectivity index (χ4n) is 0.926. The Morgan fingerprint density at radius 1 is 1.54 bits per heavy atom. The minimum absolute atomic E-state index is 0.579. The largest absolute Gasteiger partial charge is 0.330 e. The quantitative estimate of drug-likeness (QED) is 0.749. The van der Waals surface area contributed by atoms with Crippen LogP contribution in [0.3, 0.4) is 0 Å². The number of aromatic nitrogens is 1. The van der Waals surface area contributed by atoms with Gasteiger partial charge in [0, 0.05) is 12.4 Å². The van der Waals surface area contributed by atoms with Crippen molar-refractivity contribution >= 4 is 6.08 Å². The monoisotopic (exact) mass is 173 g/mol. The first-order valence-corrected chi connectivity index (χ1v) is 4.08. The summed E-state index contributed by atoms with van der Waals surface area (Å²) in [5, 5.41) is 8.60. The van der Waals surface area contributed by atoms with Crippen LogP contribution in [0, 0.1) is 11.3 Å². The second-order valence-electron chi connectivity index (χ2n) is 2.60. The SMILES string of the molecule is N#Cc1cncc(C=CCCN)c1. The molecule has 0 saturated heterocycles. The molecule has 0 spiro atoms. The van der Waals surface area contributed by atoms with E-state index in [-0.39, 0.29) is 0 Å². The van der Waals surface area contributed by atoms with Crippen molar-refractivity contribution in [2.75, 3.05) is 6.54 Å². The highest BCUT2D eigenvalue weighted by molar-refractivity contribution is 5.50. The lowest BCUT2D eigenvalue weighted by Gasteiger charge is -1.92. The van der Waals surface area contributed by atoms with E-state index in [9.17, 15) is 0 Å². The van der Waals surface area contributed by atoms with Gasteiger partial charge in [-0.05, 0) is 24.6 Å². The molecule has 1 aromatic heterocycles. The molecule has 0 aliphatic rings. The zero-order chi connectivity index (χ0) is 9.52. The molecule has 0 fully saturated rings. The third-order valence-electron chi connectivity index (χ3n) is 1.53. The van der Waals surface area contributed by atoms with Crippen molar-refractivity contribution in [3.63, 3.8) is 0 Å². The third-order valence-corrected chi connectivity index (χ3v) is 1.53. The topological polar surface area (TPSA) is 62.7 Å². The maximum atomic E-state index is 8.60. The van der Waals surface area contributed by atoms with E-state index >= 15 is 0 Å². The molecule has 1 heterocycles. The van der Waals surface area contributed by atoms with Crippen molar-refractivity contribution in [3.05, 3.63) is 35.7 Å². The molecule has 0 aliphatic carbocycles. The van der Waals surface area contributed by atoms with Crippen molar-refractivity contribution < 1.29 is 0 Å². The summed E-state index contributed by atoms with van der Waals surface area (Å²) < 4.78 is 0. The molecule has 1 aromatic rings. The Morgan fingerprint density at radius 2 is 2.38 bits per heavy atom. The molecular formula is C10H11N3. The van der Waals surface area contributed by atoms with Gasteiger partial charge in [0.05, 0.1) is 5.56 Å². The predicted octanol–water partition coefficient (Wildman–Crippen LogP) is 1.32.